The molecule has 0 radical (unpaired) electrons. The molecule has 0 aliphatic rings. The molecule has 5 nitrogen and oxygen atoms in total. The van der Waals surface area contributed by atoms with Gasteiger partial charge < -0.3 is 5.32 Å². The molecule has 0 bridgehead atoms. The number of aromatic nitrogens is 4. The Morgan fingerprint density at radius 2 is 2.05 bits per heavy atom. The van der Waals surface area contributed by atoms with Crippen LogP contribution < -0.4 is 5.32 Å². The van der Waals surface area contributed by atoms with E-state index >= 15 is 0 Å². The van der Waals surface area contributed by atoms with Crippen LogP contribution in [0.25, 0.3) is 5.78 Å². The highest BCUT2D eigenvalue weighted by Gasteiger charge is 2.30. The van der Waals surface area contributed by atoms with Crippen LogP contribution in [0.4, 0.5) is 19.0 Å². The number of halogens is 3. The lowest BCUT2D eigenvalue weighted by atomic mass is 10.1. The molecule has 0 fully saturated rings. The van der Waals surface area contributed by atoms with Crippen LogP contribution in [0, 0.1) is 6.92 Å². The van der Waals surface area contributed by atoms with E-state index < -0.39 is 11.7 Å². The SMILES string of the molecule is Cc1cc(NCc2cccc(C(F)(F)F)c2)n2ncnc2n1. The summed E-state index contributed by atoms with van der Waals surface area (Å²) in [4.78, 5) is 8.19. The van der Waals surface area contributed by atoms with E-state index in [2.05, 4.69) is 20.4 Å². The number of aryl methyl sites for hydroxylation is 1. The minimum Gasteiger partial charge on any atom is -0.366 e. The molecule has 2 aromatic heterocycles. The third kappa shape index (κ3) is 2.85. The van der Waals surface area contributed by atoms with Crippen molar-refractivity contribution in [2.75, 3.05) is 5.32 Å². The van der Waals surface area contributed by atoms with Crippen molar-refractivity contribution in [1.82, 2.24) is 19.6 Å². The van der Waals surface area contributed by atoms with Crippen molar-refractivity contribution >= 4 is 11.6 Å². The van der Waals surface area contributed by atoms with E-state index in [-0.39, 0.29) is 6.54 Å². The predicted octanol–water partition coefficient (Wildman–Crippen LogP) is 3.06. The van der Waals surface area contributed by atoms with Gasteiger partial charge in [0, 0.05) is 18.3 Å². The van der Waals surface area contributed by atoms with Gasteiger partial charge in [-0.2, -0.15) is 27.8 Å². The molecule has 22 heavy (non-hydrogen) atoms. The largest absolute Gasteiger partial charge is 0.416 e. The Labute approximate surface area is 123 Å². The second-order valence-corrected chi connectivity index (χ2v) is 4.81. The molecule has 0 unspecified atom stereocenters. The monoisotopic (exact) mass is 307 g/mol. The predicted molar refractivity (Wildman–Crippen MR) is 74.3 cm³/mol. The highest BCUT2D eigenvalue weighted by molar-refractivity contribution is 5.45. The van der Waals surface area contributed by atoms with Gasteiger partial charge in [0.25, 0.3) is 5.78 Å². The minimum atomic E-state index is -4.34. The van der Waals surface area contributed by atoms with Crippen molar-refractivity contribution < 1.29 is 13.2 Å². The fraction of sp³-hybridized carbons (Fsp3) is 0.214. The summed E-state index contributed by atoms with van der Waals surface area (Å²) >= 11 is 0. The van der Waals surface area contributed by atoms with Crippen molar-refractivity contribution in [1.29, 1.82) is 0 Å². The third-order valence-corrected chi connectivity index (χ3v) is 3.11. The fourth-order valence-electron chi connectivity index (χ4n) is 2.11. The second-order valence-electron chi connectivity index (χ2n) is 4.81. The molecule has 0 aliphatic carbocycles. The number of rotatable bonds is 3. The Morgan fingerprint density at radius 1 is 1.23 bits per heavy atom. The average Bonchev–Trinajstić information content (AvgIpc) is 2.92. The second kappa shape index (κ2) is 5.28. The van der Waals surface area contributed by atoms with Crippen molar-refractivity contribution in [3.05, 3.63) is 53.5 Å². The molecule has 8 heteroatoms. The van der Waals surface area contributed by atoms with Gasteiger partial charge in [0.2, 0.25) is 0 Å². The van der Waals surface area contributed by atoms with Gasteiger partial charge in [-0.15, -0.1) is 0 Å². The maximum absolute atomic E-state index is 12.7. The van der Waals surface area contributed by atoms with Crippen LogP contribution in [0.3, 0.4) is 0 Å². The first-order valence-corrected chi connectivity index (χ1v) is 6.51. The Balaban J connectivity index is 1.84. The van der Waals surface area contributed by atoms with E-state index in [1.54, 1.807) is 12.1 Å². The first-order valence-electron chi connectivity index (χ1n) is 6.51. The van der Waals surface area contributed by atoms with E-state index in [0.29, 0.717) is 17.2 Å². The summed E-state index contributed by atoms with van der Waals surface area (Å²) < 4.78 is 39.6. The van der Waals surface area contributed by atoms with Crippen LogP contribution in [0.15, 0.2) is 36.7 Å². The van der Waals surface area contributed by atoms with Crippen LogP contribution in [0.1, 0.15) is 16.8 Å². The van der Waals surface area contributed by atoms with Gasteiger partial charge in [-0.05, 0) is 24.6 Å². The molecule has 2 heterocycles. The number of nitrogens with zero attached hydrogens (tertiary/aromatic N) is 4. The number of hydrogen-bond donors (Lipinski definition) is 1. The van der Waals surface area contributed by atoms with Crippen LogP contribution in [-0.2, 0) is 12.7 Å². The van der Waals surface area contributed by atoms with Crippen LogP contribution >= 0.6 is 0 Å². The van der Waals surface area contributed by atoms with Crippen LogP contribution in [-0.4, -0.2) is 19.6 Å². The van der Waals surface area contributed by atoms with Crippen molar-refractivity contribution in [3.63, 3.8) is 0 Å². The van der Waals surface area contributed by atoms with Crippen molar-refractivity contribution in [2.45, 2.75) is 19.6 Å². The van der Waals surface area contributed by atoms with E-state index in [4.69, 9.17) is 0 Å². The quantitative estimate of drug-likeness (QED) is 0.808. The van der Waals surface area contributed by atoms with Crippen LogP contribution in [0.5, 0.6) is 0 Å². The van der Waals surface area contributed by atoms with Gasteiger partial charge in [-0.1, -0.05) is 12.1 Å². The number of hydrogen-bond acceptors (Lipinski definition) is 4. The molecule has 1 aromatic carbocycles. The van der Waals surface area contributed by atoms with E-state index in [9.17, 15) is 13.2 Å². The third-order valence-electron chi connectivity index (χ3n) is 3.11. The number of alkyl halides is 3. The van der Waals surface area contributed by atoms with E-state index in [0.717, 1.165) is 17.8 Å². The molecule has 114 valence electrons. The van der Waals surface area contributed by atoms with Gasteiger partial charge in [-0.3, -0.25) is 0 Å². The molecule has 3 aromatic rings. The summed E-state index contributed by atoms with van der Waals surface area (Å²) in [6.07, 6.45) is -2.97. The topological polar surface area (TPSA) is 55.1 Å². The summed E-state index contributed by atoms with van der Waals surface area (Å²) in [5.41, 5.74) is 0.605. The Bertz CT molecular complexity index is 810. The summed E-state index contributed by atoms with van der Waals surface area (Å²) in [5.74, 6) is 1.06. The molecule has 3 rings (SSSR count). The number of nitrogens with one attached hydrogen (secondary N) is 1. The van der Waals surface area contributed by atoms with Gasteiger partial charge in [-0.25, -0.2) is 4.98 Å². The molecular formula is C14H12F3N5. The molecular weight excluding hydrogens is 295 g/mol. The first-order chi connectivity index (χ1) is 10.4. The Hall–Kier alpha value is -2.64. The van der Waals surface area contributed by atoms with Gasteiger partial charge >= 0.3 is 6.18 Å². The maximum Gasteiger partial charge on any atom is 0.416 e. The lowest BCUT2D eigenvalue weighted by molar-refractivity contribution is -0.137. The van der Waals surface area contributed by atoms with Crippen molar-refractivity contribution in [2.24, 2.45) is 0 Å². The summed E-state index contributed by atoms with van der Waals surface area (Å²) in [6, 6.07) is 6.96. The highest BCUT2D eigenvalue weighted by Crippen LogP contribution is 2.29. The van der Waals surface area contributed by atoms with Gasteiger partial charge in [0.15, 0.2) is 0 Å². The van der Waals surface area contributed by atoms with Gasteiger partial charge in [0.1, 0.15) is 12.1 Å². The minimum absolute atomic E-state index is 0.238. The first kappa shape index (κ1) is 14.3. The zero-order chi connectivity index (χ0) is 15.7. The lowest BCUT2D eigenvalue weighted by Crippen LogP contribution is -2.09. The summed E-state index contributed by atoms with van der Waals surface area (Å²) in [5, 5.41) is 7.09. The lowest BCUT2D eigenvalue weighted by Gasteiger charge is -2.11. The Morgan fingerprint density at radius 3 is 2.82 bits per heavy atom. The maximum atomic E-state index is 12.7. The number of anilines is 1. The normalized spacial score (nSPS) is 11.8. The van der Waals surface area contributed by atoms with E-state index in [1.165, 1.54) is 16.9 Å². The zero-order valence-electron chi connectivity index (χ0n) is 11.6. The fourth-order valence-corrected chi connectivity index (χ4v) is 2.11. The van der Waals surface area contributed by atoms with E-state index in [1.807, 2.05) is 6.92 Å². The Kier molecular flexibility index (Phi) is 3.44. The standard InChI is InChI=1S/C14H12F3N5/c1-9-5-12(22-13(21-9)19-8-20-22)18-7-10-3-2-4-11(6-10)14(15,16)17/h2-6,8,18H,7H2,1H3. The molecule has 0 atom stereocenters. The molecule has 1 N–H and O–H groups in total. The molecule has 0 saturated heterocycles. The van der Waals surface area contributed by atoms with Crippen molar-refractivity contribution in [3.8, 4) is 0 Å². The summed E-state index contributed by atoms with van der Waals surface area (Å²) in [7, 11) is 0. The summed E-state index contributed by atoms with van der Waals surface area (Å²) in [6.45, 7) is 2.05. The zero-order valence-corrected chi connectivity index (χ0v) is 11.6. The van der Waals surface area contributed by atoms with Gasteiger partial charge in [0.05, 0.1) is 5.56 Å². The molecule has 0 amide bonds. The number of fused-ring (bicyclic) bond motifs is 1. The average molecular weight is 307 g/mol. The highest BCUT2D eigenvalue weighted by atomic mass is 19.4. The molecule has 0 spiro atoms. The number of benzene rings is 1. The molecule has 0 saturated carbocycles. The van der Waals surface area contributed by atoms with Crippen LogP contribution in [0.2, 0.25) is 0 Å². The smallest absolute Gasteiger partial charge is 0.366 e. The molecule has 0 aliphatic heterocycles.